The molecule has 1 atom stereocenters. The minimum absolute atomic E-state index is 0.662. The molecule has 0 amide bonds. The molecular weight excluding hydrogens is 160 g/mol. The van der Waals surface area contributed by atoms with E-state index < -0.39 is 0 Å². The molecule has 0 spiro atoms. The molecule has 2 nitrogen and oxygen atoms in total. The van der Waals surface area contributed by atoms with Crippen molar-refractivity contribution in [3.05, 3.63) is 29.8 Å². The number of hydrogen-bond donors (Lipinski definition) is 1. The van der Waals surface area contributed by atoms with E-state index in [-0.39, 0.29) is 0 Å². The molecule has 0 radical (unpaired) electrons. The molecule has 0 aliphatic carbocycles. The van der Waals surface area contributed by atoms with Gasteiger partial charge in [-0.1, -0.05) is 18.2 Å². The predicted octanol–water partition coefficient (Wildman–Crippen LogP) is 2.07. The van der Waals surface area contributed by atoms with Gasteiger partial charge in [0.1, 0.15) is 5.84 Å². The Morgan fingerprint density at radius 2 is 2.23 bits per heavy atom. The van der Waals surface area contributed by atoms with Gasteiger partial charge < -0.3 is 5.32 Å². The Hall–Kier alpha value is -1.31. The van der Waals surface area contributed by atoms with Crippen LogP contribution in [0.3, 0.4) is 0 Å². The zero-order valence-electron chi connectivity index (χ0n) is 7.46. The molecule has 1 aromatic rings. The average Bonchev–Trinajstić information content (AvgIpc) is 2.61. The summed E-state index contributed by atoms with van der Waals surface area (Å²) in [7, 11) is 0. The number of aliphatic imine (C=N–C) groups is 1. The number of nitrogens with zero attached hydrogens (tertiary/aromatic N) is 1. The summed E-state index contributed by atoms with van der Waals surface area (Å²) >= 11 is 0. The summed E-state index contributed by atoms with van der Waals surface area (Å²) in [5, 5.41) is 3.41. The van der Waals surface area contributed by atoms with E-state index in [1.807, 2.05) is 0 Å². The van der Waals surface area contributed by atoms with E-state index >= 15 is 0 Å². The molecule has 0 fully saturated rings. The number of anilines is 1. The third-order valence-corrected chi connectivity index (χ3v) is 2.89. The number of rotatable bonds is 0. The van der Waals surface area contributed by atoms with Gasteiger partial charge in [-0.25, -0.2) is 0 Å². The van der Waals surface area contributed by atoms with Crippen LogP contribution in [0.1, 0.15) is 12.0 Å². The molecule has 13 heavy (non-hydrogen) atoms. The lowest BCUT2D eigenvalue weighted by atomic mass is 9.92. The Morgan fingerprint density at radius 1 is 1.31 bits per heavy atom. The summed E-state index contributed by atoms with van der Waals surface area (Å²) in [6, 6.07) is 8.52. The minimum atomic E-state index is 0.662. The fourth-order valence-electron chi connectivity index (χ4n) is 2.17. The van der Waals surface area contributed by atoms with Crippen LogP contribution in [0.15, 0.2) is 29.3 Å². The van der Waals surface area contributed by atoms with Crippen LogP contribution in [0.5, 0.6) is 0 Å². The van der Waals surface area contributed by atoms with E-state index in [0.29, 0.717) is 5.92 Å². The van der Waals surface area contributed by atoms with Gasteiger partial charge in [0.05, 0.1) is 0 Å². The topological polar surface area (TPSA) is 24.4 Å². The molecule has 66 valence electrons. The van der Waals surface area contributed by atoms with Gasteiger partial charge in [0.15, 0.2) is 0 Å². The lowest BCUT2D eigenvalue weighted by Crippen LogP contribution is -2.26. The van der Waals surface area contributed by atoms with Crippen molar-refractivity contribution in [2.24, 2.45) is 10.9 Å². The molecule has 0 saturated carbocycles. The average molecular weight is 172 g/mol. The zero-order valence-corrected chi connectivity index (χ0v) is 7.46. The van der Waals surface area contributed by atoms with Crippen LogP contribution in [0.4, 0.5) is 5.69 Å². The first kappa shape index (κ1) is 7.13. The maximum Gasteiger partial charge on any atom is 0.104 e. The molecule has 3 rings (SSSR count). The summed E-state index contributed by atoms with van der Waals surface area (Å²) in [6.07, 6.45) is 2.39. The Morgan fingerprint density at radius 3 is 3.23 bits per heavy atom. The van der Waals surface area contributed by atoms with E-state index in [4.69, 9.17) is 0 Å². The molecule has 0 saturated heterocycles. The first-order valence-corrected chi connectivity index (χ1v) is 4.83. The normalized spacial score (nSPS) is 24.3. The summed E-state index contributed by atoms with van der Waals surface area (Å²) in [5.41, 5.74) is 2.69. The number of amidine groups is 1. The largest absolute Gasteiger partial charge is 0.344 e. The molecule has 1 N–H and O–H groups in total. The highest BCUT2D eigenvalue weighted by Gasteiger charge is 2.26. The monoisotopic (exact) mass is 172 g/mol. The molecule has 1 aromatic carbocycles. The molecule has 2 aliphatic heterocycles. The van der Waals surface area contributed by atoms with E-state index in [0.717, 1.165) is 6.54 Å². The highest BCUT2D eigenvalue weighted by atomic mass is 15.0. The first-order valence-electron chi connectivity index (χ1n) is 4.83. The molecule has 2 heteroatoms. The maximum absolute atomic E-state index is 4.46. The van der Waals surface area contributed by atoms with Crippen LogP contribution in [0, 0.1) is 5.92 Å². The third-order valence-electron chi connectivity index (χ3n) is 2.89. The fraction of sp³-hybridized carbons (Fsp3) is 0.364. The van der Waals surface area contributed by atoms with Crippen molar-refractivity contribution in [1.29, 1.82) is 0 Å². The van der Waals surface area contributed by atoms with Crippen LogP contribution < -0.4 is 5.32 Å². The standard InChI is InChI=1S/C11H12N2/c1-2-4-10-8(3-1)7-9-5-6-12-11(9)13-10/h1-4,9H,5-7H2,(H,12,13). The van der Waals surface area contributed by atoms with Gasteiger partial charge in [-0.15, -0.1) is 0 Å². The zero-order chi connectivity index (χ0) is 8.67. The number of fused-ring (bicyclic) bond motifs is 2. The SMILES string of the molecule is c1ccc2c(c1)CC1CCN=C1N2. The summed E-state index contributed by atoms with van der Waals surface area (Å²) in [6.45, 7) is 1.00. The number of nitrogens with one attached hydrogen (secondary N) is 1. The molecular formula is C11H12N2. The summed E-state index contributed by atoms with van der Waals surface area (Å²) in [5.74, 6) is 1.87. The van der Waals surface area contributed by atoms with Crippen LogP contribution in [-0.2, 0) is 6.42 Å². The highest BCUT2D eigenvalue weighted by molar-refractivity contribution is 6.00. The Bertz CT molecular complexity index is 368. The molecule has 0 bridgehead atoms. The van der Waals surface area contributed by atoms with E-state index in [2.05, 4.69) is 34.6 Å². The second-order valence-electron chi connectivity index (χ2n) is 3.74. The highest BCUT2D eigenvalue weighted by Crippen LogP contribution is 2.29. The van der Waals surface area contributed by atoms with Gasteiger partial charge in [-0.05, 0) is 24.5 Å². The fourth-order valence-corrected chi connectivity index (χ4v) is 2.17. The maximum atomic E-state index is 4.46. The molecule has 2 heterocycles. The summed E-state index contributed by atoms with van der Waals surface area (Å²) < 4.78 is 0. The van der Waals surface area contributed by atoms with Gasteiger partial charge in [-0.3, -0.25) is 4.99 Å². The first-order chi connectivity index (χ1) is 6.43. The Balaban J connectivity index is 2.04. The predicted molar refractivity (Wildman–Crippen MR) is 54.2 cm³/mol. The van der Waals surface area contributed by atoms with Gasteiger partial charge in [0.2, 0.25) is 0 Å². The van der Waals surface area contributed by atoms with E-state index in [9.17, 15) is 0 Å². The van der Waals surface area contributed by atoms with Crippen molar-refractivity contribution >= 4 is 11.5 Å². The van der Waals surface area contributed by atoms with Crippen molar-refractivity contribution in [2.45, 2.75) is 12.8 Å². The van der Waals surface area contributed by atoms with Crippen molar-refractivity contribution in [3.63, 3.8) is 0 Å². The van der Waals surface area contributed by atoms with Crippen LogP contribution >= 0.6 is 0 Å². The Labute approximate surface area is 77.7 Å². The number of para-hydroxylation sites is 1. The van der Waals surface area contributed by atoms with Crippen molar-refractivity contribution in [2.75, 3.05) is 11.9 Å². The second-order valence-corrected chi connectivity index (χ2v) is 3.74. The lowest BCUT2D eigenvalue weighted by Gasteiger charge is -2.23. The number of hydrogen-bond acceptors (Lipinski definition) is 2. The van der Waals surface area contributed by atoms with Gasteiger partial charge in [0.25, 0.3) is 0 Å². The van der Waals surface area contributed by atoms with Crippen LogP contribution in [0.2, 0.25) is 0 Å². The van der Waals surface area contributed by atoms with E-state index in [1.54, 1.807) is 0 Å². The van der Waals surface area contributed by atoms with Crippen molar-refractivity contribution in [1.82, 2.24) is 0 Å². The van der Waals surface area contributed by atoms with E-state index in [1.165, 1.54) is 29.9 Å². The quantitative estimate of drug-likeness (QED) is 0.636. The van der Waals surface area contributed by atoms with Crippen LogP contribution in [-0.4, -0.2) is 12.4 Å². The van der Waals surface area contributed by atoms with Crippen LogP contribution in [0.25, 0.3) is 0 Å². The Kier molecular flexibility index (Phi) is 1.42. The second kappa shape index (κ2) is 2.59. The number of benzene rings is 1. The van der Waals surface area contributed by atoms with Crippen molar-refractivity contribution in [3.8, 4) is 0 Å². The smallest absolute Gasteiger partial charge is 0.104 e. The minimum Gasteiger partial charge on any atom is -0.344 e. The lowest BCUT2D eigenvalue weighted by molar-refractivity contribution is 0.668. The third kappa shape index (κ3) is 1.05. The van der Waals surface area contributed by atoms with Gasteiger partial charge in [0, 0.05) is 18.2 Å². The van der Waals surface area contributed by atoms with Gasteiger partial charge in [-0.2, -0.15) is 0 Å². The molecule has 2 aliphatic rings. The van der Waals surface area contributed by atoms with Crippen molar-refractivity contribution < 1.29 is 0 Å². The molecule has 0 aromatic heterocycles. The van der Waals surface area contributed by atoms with Gasteiger partial charge >= 0.3 is 0 Å². The summed E-state index contributed by atoms with van der Waals surface area (Å²) in [4.78, 5) is 4.46. The molecule has 1 unspecified atom stereocenters.